The summed E-state index contributed by atoms with van der Waals surface area (Å²) >= 11 is 5.84. The number of piperidine rings is 1. The van der Waals surface area contributed by atoms with Gasteiger partial charge in [0, 0.05) is 18.2 Å². The van der Waals surface area contributed by atoms with Crippen LogP contribution < -0.4 is 10.6 Å². The third-order valence-corrected chi connectivity index (χ3v) is 3.36. The molecule has 20 heavy (non-hydrogen) atoms. The smallest absolute Gasteiger partial charge is 0.288 e. The Labute approximate surface area is 119 Å². The van der Waals surface area contributed by atoms with E-state index in [1.54, 1.807) is 6.92 Å². The maximum Gasteiger partial charge on any atom is 0.288 e. The SMILES string of the molecule is Cc1cc([N+](=O)[O-])c(Cl)cc1NC1CCC(=O)NC1=O. The Hall–Kier alpha value is -2.15. The minimum absolute atomic E-state index is 0.00426. The van der Waals surface area contributed by atoms with Crippen molar-refractivity contribution in [3.8, 4) is 0 Å². The molecule has 1 aliphatic rings. The van der Waals surface area contributed by atoms with E-state index in [4.69, 9.17) is 11.6 Å². The highest BCUT2D eigenvalue weighted by atomic mass is 35.5. The first-order valence-corrected chi connectivity index (χ1v) is 6.31. The number of aryl methyl sites for hydroxylation is 1. The molecule has 1 atom stereocenters. The number of hydrogen-bond donors (Lipinski definition) is 2. The van der Waals surface area contributed by atoms with Gasteiger partial charge in [-0.05, 0) is 25.0 Å². The Bertz CT molecular complexity index is 603. The van der Waals surface area contributed by atoms with Crippen LogP contribution in [0.15, 0.2) is 12.1 Å². The van der Waals surface area contributed by atoms with Gasteiger partial charge in [0.2, 0.25) is 11.8 Å². The van der Waals surface area contributed by atoms with Gasteiger partial charge in [-0.2, -0.15) is 0 Å². The molecule has 1 heterocycles. The maximum atomic E-state index is 11.6. The first-order valence-electron chi connectivity index (χ1n) is 5.93. The molecule has 0 aliphatic carbocycles. The highest BCUT2D eigenvalue weighted by Crippen LogP contribution is 2.31. The molecule has 0 radical (unpaired) electrons. The zero-order valence-corrected chi connectivity index (χ0v) is 11.4. The van der Waals surface area contributed by atoms with Crippen molar-refractivity contribution in [3.05, 3.63) is 32.8 Å². The largest absolute Gasteiger partial charge is 0.373 e. The highest BCUT2D eigenvalue weighted by Gasteiger charge is 2.27. The van der Waals surface area contributed by atoms with E-state index < -0.39 is 16.9 Å². The van der Waals surface area contributed by atoms with Gasteiger partial charge in [0.05, 0.1) is 4.92 Å². The first kappa shape index (κ1) is 14.3. The van der Waals surface area contributed by atoms with Crippen LogP contribution in [0.1, 0.15) is 18.4 Å². The van der Waals surface area contributed by atoms with Crippen molar-refractivity contribution in [2.24, 2.45) is 0 Å². The van der Waals surface area contributed by atoms with Gasteiger partial charge in [0.15, 0.2) is 0 Å². The van der Waals surface area contributed by atoms with Crippen LogP contribution >= 0.6 is 11.6 Å². The normalized spacial score (nSPS) is 18.6. The number of nitrogens with zero attached hydrogens (tertiary/aromatic N) is 1. The number of hydrogen-bond acceptors (Lipinski definition) is 5. The molecule has 0 spiro atoms. The van der Waals surface area contributed by atoms with Gasteiger partial charge in [0.25, 0.3) is 5.69 Å². The van der Waals surface area contributed by atoms with Gasteiger partial charge >= 0.3 is 0 Å². The van der Waals surface area contributed by atoms with Crippen molar-refractivity contribution in [3.63, 3.8) is 0 Å². The van der Waals surface area contributed by atoms with Crippen LogP contribution in [0.4, 0.5) is 11.4 Å². The molecule has 2 rings (SSSR count). The van der Waals surface area contributed by atoms with Crippen LogP contribution in [-0.2, 0) is 9.59 Å². The van der Waals surface area contributed by atoms with E-state index >= 15 is 0 Å². The summed E-state index contributed by atoms with van der Waals surface area (Å²) in [5.74, 6) is -0.707. The molecule has 0 bridgehead atoms. The summed E-state index contributed by atoms with van der Waals surface area (Å²) in [4.78, 5) is 32.9. The number of carbonyl (C=O) groups excluding carboxylic acids is 2. The van der Waals surface area contributed by atoms with Crippen LogP contribution in [0, 0.1) is 17.0 Å². The third kappa shape index (κ3) is 2.88. The summed E-state index contributed by atoms with van der Waals surface area (Å²) in [5.41, 5.74) is 0.957. The van der Waals surface area contributed by atoms with E-state index in [-0.39, 0.29) is 23.0 Å². The van der Waals surface area contributed by atoms with E-state index in [1.807, 2.05) is 0 Å². The molecule has 8 heteroatoms. The van der Waals surface area contributed by atoms with E-state index in [0.717, 1.165) is 0 Å². The number of nitro benzene ring substituents is 1. The van der Waals surface area contributed by atoms with Crippen molar-refractivity contribution < 1.29 is 14.5 Å². The molecule has 106 valence electrons. The minimum Gasteiger partial charge on any atom is -0.373 e. The number of benzene rings is 1. The van der Waals surface area contributed by atoms with Crippen molar-refractivity contribution in [2.45, 2.75) is 25.8 Å². The lowest BCUT2D eigenvalue weighted by molar-refractivity contribution is -0.384. The minimum atomic E-state index is -0.564. The second kappa shape index (κ2) is 5.46. The molecule has 0 saturated carbocycles. The maximum absolute atomic E-state index is 11.6. The average Bonchev–Trinajstić information content (AvgIpc) is 2.36. The molecule has 1 fully saturated rings. The Kier molecular flexibility index (Phi) is 3.89. The second-order valence-electron chi connectivity index (χ2n) is 4.52. The fourth-order valence-electron chi connectivity index (χ4n) is 1.98. The number of rotatable bonds is 3. The summed E-state index contributed by atoms with van der Waals surface area (Å²) in [6, 6.07) is 2.21. The van der Waals surface area contributed by atoms with E-state index in [1.165, 1.54) is 12.1 Å². The molecule has 1 aromatic carbocycles. The van der Waals surface area contributed by atoms with Gasteiger partial charge < -0.3 is 5.32 Å². The highest BCUT2D eigenvalue weighted by molar-refractivity contribution is 6.33. The van der Waals surface area contributed by atoms with Crippen molar-refractivity contribution >= 4 is 34.8 Å². The van der Waals surface area contributed by atoms with E-state index in [0.29, 0.717) is 17.7 Å². The van der Waals surface area contributed by atoms with Gasteiger partial charge in [-0.25, -0.2) is 0 Å². The quantitative estimate of drug-likeness (QED) is 0.503. The molecular weight excluding hydrogens is 286 g/mol. The van der Waals surface area contributed by atoms with Crippen LogP contribution in [0.3, 0.4) is 0 Å². The standard InChI is InChI=1S/C12H12ClN3O4/c1-6-4-10(16(19)20)7(13)5-9(6)14-8-2-3-11(17)15-12(8)18/h4-5,8,14H,2-3H2,1H3,(H,15,17,18). The van der Waals surface area contributed by atoms with Crippen LogP contribution in [0.5, 0.6) is 0 Å². The Balaban J connectivity index is 2.22. The number of imide groups is 1. The van der Waals surface area contributed by atoms with Gasteiger partial charge in [0.1, 0.15) is 11.1 Å². The number of nitro groups is 1. The third-order valence-electron chi connectivity index (χ3n) is 3.06. The predicted octanol–water partition coefficient (Wildman–Crippen LogP) is 1.77. The van der Waals surface area contributed by atoms with Crippen LogP contribution in [-0.4, -0.2) is 22.8 Å². The zero-order valence-electron chi connectivity index (χ0n) is 10.6. The second-order valence-corrected chi connectivity index (χ2v) is 4.93. The predicted molar refractivity (Wildman–Crippen MR) is 72.6 cm³/mol. The number of carbonyl (C=O) groups is 2. The van der Waals surface area contributed by atoms with Gasteiger partial charge in [-0.15, -0.1) is 0 Å². The number of amides is 2. The van der Waals surface area contributed by atoms with E-state index in [9.17, 15) is 19.7 Å². The zero-order chi connectivity index (χ0) is 14.9. The molecule has 2 N–H and O–H groups in total. The molecule has 7 nitrogen and oxygen atoms in total. The molecule has 1 aromatic rings. The number of nitrogens with one attached hydrogen (secondary N) is 2. The lowest BCUT2D eigenvalue weighted by atomic mass is 10.0. The molecule has 2 amide bonds. The van der Waals surface area contributed by atoms with Gasteiger partial charge in [-0.1, -0.05) is 11.6 Å². The fraction of sp³-hybridized carbons (Fsp3) is 0.333. The monoisotopic (exact) mass is 297 g/mol. The van der Waals surface area contributed by atoms with Crippen LogP contribution in [0.2, 0.25) is 5.02 Å². The van der Waals surface area contributed by atoms with Gasteiger partial charge in [-0.3, -0.25) is 25.0 Å². The van der Waals surface area contributed by atoms with Crippen molar-refractivity contribution in [1.29, 1.82) is 0 Å². The molecule has 1 aliphatic heterocycles. The molecule has 1 saturated heterocycles. The summed E-state index contributed by atoms with van der Waals surface area (Å²) in [6.45, 7) is 1.68. The molecule has 0 aromatic heterocycles. The molecule has 1 unspecified atom stereocenters. The number of anilines is 1. The molecular formula is C12H12ClN3O4. The first-order chi connectivity index (χ1) is 9.38. The topological polar surface area (TPSA) is 101 Å². The number of halogens is 1. The lowest BCUT2D eigenvalue weighted by Crippen LogP contribution is -2.47. The summed E-state index contributed by atoms with van der Waals surface area (Å²) in [5, 5.41) is 15.9. The summed E-state index contributed by atoms with van der Waals surface area (Å²) in [6.07, 6.45) is 0.627. The van der Waals surface area contributed by atoms with Crippen LogP contribution in [0.25, 0.3) is 0 Å². The summed E-state index contributed by atoms with van der Waals surface area (Å²) in [7, 11) is 0. The lowest BCUT2D eigenvalue weighted by Gasteiger charge is -2.23. The fourth-order valence-corrected chi connectivity index (χ4v) is 2.21. The Morgan fingerprint density at radius 1 is 1.45 bits per heavy atom. The Morgan fingerprint density at radius 3 is 2.75 bits per heavy atom. The van der Waals surface area contributed by atoms with Crippen molar-refractivity contribution in [1.82, 2.24) is 5.32 Å². The summed E-state index contributed by atoms with van der Waals surface area (Å²) < 4.78 is 0. The van der Waals surface area contributed by atoms with E-state index in [2.05, 4.69) is 10.6 Å². The Morgan fingerprint density at radius 2 is 2.15 bits per heavy atom. The van der Waals surface area contributed by atoms with Crippen molar-refractivity contribution in [2.75, 3.05) is 5.32 Å². The average molecular weight is 298 g/mol.